The van der Waals surface area contributed by atoms with Crippen LogP contribution in [-0.4, -0.2) is 67.7 Å². The summed E-state index contributed by atoms with van der Waals surface area (Å²) in [6.07, 6.45) is 2.28. The molecule has 0 aromatic heterocycles. The van der Waals surface area contributed by atoms with Crippen LogP contribution in [0.1, 0.15) is 36.5 Å². The molecule has 9 nitrogen and oxygen atoms in total. The number of benzene rings is 1. The Kier molecular flexibility index (Phi) is 7.83. The highest BCUT2D eigenvalue weighted by Gasteiger charge is 2.41. The van der Waals surface area contributed by atoms with E-state index in [2.05, 4.69) is 5.32 Å². The number of hydrogen-bond acceptors (Lipinski definition) is 6. The Morgan fingerprint density at radius 2 is 1.93 bits per heavy atom. The topological polar surface area (TPSA) is 131 Å². The SMILES string of the molecule is CC(=O)O.COc1ccc(C(=O)N2CCC3(CC2)CNC(=O)C3)cc1OCCN. The van der Waals surface area contributed by atoms with E-state index in [4.69, 9.17) is 25.1 Å². The molecule has 9 heteroatoms. The van der Waals surface area contributed by atoms with E-state index in [1.54, 1.807) is 25.3 Å². The third-order valence-electron chi connectivity index (χ3n) is 5.09. The third-order valence-corrected chi connectivity index (χ3v) is 5.09. The van der Waals surface area contributed by atoms with Crippen LogP contribution in [0.3, 0.4) is 0 Å². The molecule has 1 aromatic carbocycles. The van der Waals surface area contributed by atoms with Crippen molar-refractivity contribution in [2.45, 2.75) is 26.2 Å². The summed E-state index contributed by atoms with van der Waals surface area (Å²) in [6.45, 7) is 3.90. The van der Waals surface area contributed by atoms with Gasteiger partial charge in [-0.25, -0.2) is 0 Å². The minimum absolute atomic E-state index is 0.0209. The summed E-state index contributed by atoms with van der Waals surface area (Å²) in [6, 6.07) is 5.20. The van der Waals surface area contributed by atoms with Crippen LogP contribution in [0.5, 0.6) is 11.5 Å². The number of carboxylic acids is 1. The quantitative estimate of drug-likeness (QED) is 0.660. The van der Waals surface area contributed by atoms with Crippen molar-refractivity contribution in [2.75, 3.05) is 39.9 Å². The van der Waals surface area contributed by atoms with E-state index in [0.717, 1.165) is 26.3 Å². The van der Waals surface area contributed by atoms with Gasteiger partial charge in [-0.2, -0.15) is 0 Å². The summed E-state index contributed by atoms with van der Waals surface area (Å²) in [7, 11) is 1.56. The number of piperidine rings is 1. The van der Waals surface area contributed by atoms with Crippen LogP contribution in [0.15, 0.2) is 18.2 Å². The van der Waals surface area contributed by atoms with Crippen molar-refractivity contribution < 1.29 is 29.0 Å². The van der Waals surface area contributed by atoms with Crippen LogP contribution in [0.2, 0.25) is 0 Å². The fraction of sp³-hybridized carbons (Fsp3) is 0.550. The Hall–Kier alpha value is -2.81. The van der Waals surface area contributed by atoms with Gasteiger partial charge in [0.15, 0.2) is 11.5 Å². The predicted octanol–water partition coefficient (Wildman–Crippen LogP) is 0.866. The number of amides is 2. The monoisotopic (exact) mass is 407 g/mol. The number of carbonyl (C=O) groups excluding carboxylic acids is 2. The molecule has 2 aliphatic rings. The average Bonchev–Trinajstić information content (AvgIpc) is 3.05. The number of rotatable bonds is 5. The van der Waals surface area contributed by atoms with Gasteiger partial charge in [-0.05, 0) is 36.5 Å². The molecule has 2 heterocycles. The molecule has 160 valence electrons. The summed E-state index contributed by atoms with van der Waals surface area (Å²) in [5.41, 5.74) is 6.08. The largest absolute Gasteiger partial charge is 0.493 e. The van der Waals surface area contributed by atoms with Crippen molar-refractivity contribution in [1.82, 2.24) is 10.2 Å². The van der Waals surface area contributed by atoms with Crippen molar-refractivity contribution in [2.24, 2.45) is 11.1 Å². The highest BCUT2D eigenvalue weighted by molar-refractivity contribution is 5.95. The zero-order valence-electron chi connectivity index (χ0n) is 16.9. The highest BCUT2D eigenvalue weighted by Crippen LogP contribution is 2.38. The van der Waals surface area contributed by atoms with Gasteiger partial charge in [0.25, 0.3) is 11.9 Å². The summed E-state index contributed by atoms with van der Waals surface area (Å²) in [4.78, 5) is 35.2. The van der Waals surface area contributed by atoms with Gasteiger partial charge >= 0.3 is 0 Å². The molecular formula is C20H29N3O6. The molecule has 0 aliphatic carbocycles. The van der Waals surface area contributed by atoms with Crippen molar-refractivity contribution in [3.63, 3.8) is 0 Å². The second-order valence-corrected chi connectivity index (χ2v) is 7.27. The van der Waals surface area contributed by atoms with Crippen LogP contribution >= 0.6 is 0 Å². The number of aliphatic carboxylic acids is 1. The van der Waals surface area contributed by atoms with E-state index in [1.165, 1.54) is 0 Å². The van der Waals surface area contributed by atoms with E-state index in [1.807, 2.05) is 4.90 Å². The molecule has 1 aromatic rings. The molecular weight excluding hydrogens is 378 g/mol. The Labute approximate surface area is 170 Å². The lowest BCUT2D eigenvalue weighted by Crippen LogP contribution is -2.44. The Morgan fingerprint density at radius 1 is 1.28 bits per heavy atom. The molecule has 0 atom stereocenters. The van der Waals surface area contributed by atoms with E-state index in [-0.39, 0.29) is 17.2 Å². The van der Waals surface area contributed by atoms with Gasteiger partial charge in [-0.3, -0.25) is 14.4 Å². The van der Waals surface area contributed by atoms with Gasteiger partial charge in [0.05, 0.1) is 7.11 Å². The Balaban J connectivity index is 0.000000687. The molecule has 29 heavy (non-hydrogen) atoms. The first kappa shape index (κ1) is 22.5. The smallest absolute Gasteiger partial charge is 0.300 e. The van der Waals surface area contributed by atoms with Crippen molar-refractivity contribution in [1.29, 1.82) is 0 Å². The maximum atomic E-state index is 12.8. The molecule has 1 spiro atoms. The minimum Gasteiger partial charge on any atom is -0.493 e. The zero-order valence-corrected chi connectivity index (χ0v) is 16.9. The highest BCUT2D eigenvalue weighted by atomic mass is 16.5. The first-order valence-corrected chi connectivity index (χ1v) is 9.56. The number of ether oxygens (including phenoxy) is 2. The Bertz CT molecular complexity index is 740. The van der Waals surface area contributed by atoms with E-state index >= 15 is 0 Å². The number of nitrogens with two attached hydrogens (primary N) is 1. The van der Waals surface area contributed by atoms with E-state index in [0.29, 0.717) is 49.7 Å². The predicted molar refractivity (Wildman–Crippen MR) is 106 cm³/mol. The number of methoxy groups -OCH3 is 1. The van der Waals surface area contributed by atoms with Crippen molar-refractivity contribution >= 4 is 17.8 Å². The van der Waals surface area contributed by atoms with Gasteiger partial charge in [-0.15, -0.1) is 0 Å². The number of hydrogen-bond donors (Lipinski definition) is 3. The molecule has 3 rings (SSSR count). The number of carboxylic acid groups (broad SMARTS) is 1. The standard InChI is InChI=1S/C18H25N3O4.C2H4O2/c1-24-14-3-2-13(10-15(14)25-9-6-19)17(23)21-7-4-18(5-8-21)11-16(22)20-12-18;1-2(3)4/h2-3,10H,4-9,11-12,19H2,1H3,(H,20,22);1H3,(H,3,4). The molecule has 2 fully saturated rings. The first-order valence-electron chi connectivity index (χ1n) is 9.56. The fourth-order valence-electron chi connectivity index (χ4n) is 3.56. The van der Waals surface area contributed by atoms with Crippen LogP contribution < -0.4 is 20.5 Å². The number of carbonyl (C=O) groups is 3. The maximum absolute atomic E-state index is 12.8. The van der Waals surface area contributed by atoms with E-state index < -0.39 is 5.97 Å². The molecule has 4 N–H and O–H groups in total. The molecule has 2 saturated heterocycles. The first-order chi connectivity index (χ1) is 13.8. The lowest BCUT2D eigenvalue weighted by atomic mass is 9.77. The second-order valence-electron chi connectivity index (χ2n) is 7.27. The molecule has 0 radical (unpaired) electrons. The lowest BCUT2D eigenvalue weighted by molar-refractivity contribution is -0.134. The number of nitrogens with zero attached hydrogens (tertiary/aromatic N) is 1. The van der Waals surface area contributed by atoms with E-state index in [9.17, 15) is 9.59 Å². The zero-order chi connectivity index (χ0) is 21.4. The number of nitrogens with one attached hydrogen (secondary N) is 1. The van der Waals surface area contributed by atoms with Crippen molar-refractivity contribution in [3.05, 3.63) is 23.8 Å². The molecule has 0 bridgehead atoms. The third kappa shape index (κ3) is 6.08. The number of likely N-dealkylation sites (tertiary alicyclic amines) is 1. The summed E-state index contributed by atoms with van der Waals surface area (Å²) < 4.78 is 10.8. The average molecular weight is 407 g/mol. The van der Waals surface area contributed by atoms with Crippen LogP contribution in [0.25, 0.3) is 0 Å². The molecule has 0 unspecified atom stereocenters. The van der Waals surface area contributed by atoms with Crippen molar-refractivity contribution in [3.8, 4) is 11.5 Å². The van der Waals surface area contributed by atoms with Gasteiger partial charge in [0.1, 0.15) is 6.61 Å². The van der Waals surface area contributed by atoms with Crippen LogP contribution in [0, 0.1) is 5.41 Å². The fourth-order valence-corrected chi connectivity index (χ4v) is 3.56. The summed E-state index contributed by atoms with van der Waals surface area (Å²) in [5.74, 6) is 0.375. The lowest BCUT2D eigenvalue weighted by Gasteiger charge is -2.38. The van der Waals surface area contributed by atoms with Gasteiger partial charge in [0.2, 0.25) is 5.91 Å². The normalized spacial score (nSPS) is 17.2. The maximum Gasteiger partial charge on any atom is 0.300 e. The molecule has 2 aliphatic heterocycles. The summed E-state index contributed by atoms with van der Waals surface area (Å²) in [5, 5.41) is 10.3. The summed E-state index contributed by atoms with van der Waals surface area (Å²) >= 11 is 0. The van der Waals surface area contributed by atoms with Crippen LogP contribution in [0.4, 0.5) is 0 Å². The molecule has 0 saturated carbocycles. The Morgan fingerprint density at radius 3 is 2.45 bits per heavy atom. The van der Waals surface area contributed by atoms with Gasteiger partial charge in [-0.1, -0.05) is 0 Å². The van der Waals surface area contributed by atoms with Gasteiger partial charge < -0.3 is 30.5 Å². The van der Waals surface area contributed by atoms with Gasteiger partial charge in [0, 0.05) is 45.1 Å². The second kappa shape index (κ2) is 10.1. The van der Waals surface area contributed by atoms with Crippen LogP contribution in [-0.2, 0) is 9.59 Å². The molecule has 2 amide bonds. The minimum atomic E-state index is -0.833.